The minimum absolute atomic E-state index is 0.0417. The van der Waals surface area contributed by atoms with Crippen molar-refractivity contribution in [3.63, 3.8) is 0 Å². The Morgan fingerprint density at radius 1 is 1.50 bits per heavy atom. The highest BCUT2D eigenvalue weighted by atomic mass is 19.3. The molecular weight excluding hydrogens is 160 g/mol. The average molecular weight is 177 g/mol. The molecular formula is C9H17F2N. The van der Waals surface area contributed by atoms with Crippen LogP contribution in [0.3, 0.4) is 0 Å². The van der Waals surface area contributed by atoms with Crippen LogP contribution in [0.2, 0.25) is 0 Å². The Balaban J connectivity index is 0. The van der Waals surface area contributed by atoms with Crippen molar-refractivity contribution in [1.82, 2.24) is 0 Å². The number of nitrogens with one attached hydrogen (secondary N) is 1. The van der Waals surface area contributed by atoms with Crippen LogP contribution in [0.1, 0.15) is 33.6 Å². The molecule has 0 aromatic rings. The highest BCUT2D eigenvalue weighted by molar-refractivity contribution is 5.74. The van der Waals surface area contributed by atoms with E-state index in [-0.39, 0.29) is 6.42 Å². The molecule has 1 N–H and O–H groups in total. The topological polar surface area (TPSA) is 23.9 Å². The van der Waals surface area contributed by atoms with Crippen LogP contribution in [0.25, 0.3) is 0 Å². The monoisotopic (exact) mass is 177 g/mol. The second-order valence-corrected chi connectivity index (χ2v) is 2.36. The van der Waals surface area contributed by atoms with Gasteiger partial charge in [0, 0.05) is 12.6 Å². The van der Waals surface area contributed by atoms with E-state index in [0.29, 0.717) is 6.42 Å². The van der Waals surface area contributed by atoms with Crippen LogP contribution in [0, 0.1) is 5.41 Å². The summed E-state index contributed by atoms with van der Waals surface area (Å²) < 4.78 is 22.1. The second kappa shape index (κ2) is 10.3. The van der Waals surface area contributed by atoms with E-state index in [2.05, 4.69) is 0 Å². The van der Waals surface area contributed by atoms with Gasteiger partial charge in [0.15, 0.2) is 0 Å². The van der Waals surface area contributed by atoms with Gasteiger partial charge >= 0.3 is 0 Å². The van der Waals surface area contributed by atoms with Gasteiger partial charge in [0.25, 0.3) is 0 Å². The van der Waals surface area contributed by atoms with E-state index in [1.807, 2.05) is 19.9 Å². The molecule has 0 aliphatic rings. The fourth-order valence-corrected chi connectivity index (χ4v) is 0.302. The van der Waals surface area contributed by atoms with Crippen molar-refractivity contribution in [2.75, 3.05) is 0 Å². The van der Waals surface area contributed by atoms with Crippen molar-refractivity contribution in [3.8, 4) is 0 Å². The van der Waals surface area contributed by atoms with Crippen LogP contribution < -0.4 is 0 Å². The molecule has 12 heavy (non-hydrogen) atoms. The molecule has 0 radical (unpaired) electrons. The van der Waals surface area contributed by atoms with Crippen molar-refractivity contribution in [2.24, 2.45) is 0 Å². The average Bonchev–Trinajstić information content (AvgIpc) is 2.04. The third-order valence-corrected chi connectivity index (χ3v) is 1.19. The minimum Gasteiger partial charge on any atom is -0.308 e. The van der Waals surface area contributed by atoms with Gasteiger partial charge in [-0.05, 0) is 19.4 Å². The molecule has 0 saturated heterocycles. The predicted octanol–water partition coefficient (Wildman–Crippen LogP) is 3.65. The molecule has 0 amide bonds. The molecule has 0 unspecified atom stereocenters. The zero-order valence-electron chi connectivity index (χ0n) is 7.90. The molecule has 0 fully saturated rings. The molecule has 1 nitrogen and oxygen atoms in total. The molecule has 72 valence electrons. The summed E-state index contributed by atoms with van der Waals surface area (Å²) in [5.74, 6) is 0. The summed E-state index contributed by atoms with van der Waals surface area (Å²) in [6, 6.07) is 0. The van der Waals surface area contributed by atoms with Gasteiger partial charge in [0.2, 0.25) is 6.43 Å². The maximum absolute atomic E-state index is 11.0. The third kappa shape index (κ3) is 16.1. The Kier molecular flexibility index (Phi) is 11.8. The summed E-state index contributed by atoms with van der Waals surface area (Å²) in [5, 5.41) is 6.62. The maximum Gasteiger partial charge on any atom is 0.238 e. The summed E-state index contributed by atoms with van der Waals surface area (Å²) in [6.07, 6.45) is 1.75. The van der Waals surface area contributed by atoms with E-state index in [1.54, 1.807) is 6.92 Å². The van der Waals surface area contributed by atoms with Gasteiger partial charge in [-0.2, -0.15) is 0 Å². The minimum atomic E-state index is -2.10. The first-order valence-corrected chi connectivity index (χ1v) is 4.00. The van der Waals surface area contributed by atoms with Gasteiger partial charge < -0.3 is 5.41 Å². The van der Waals surface area contributed by atoms with Crippen LogP contribution in [0.5, 0.6) is 0 Å². The van der Waals surface area contributed by atoms with Crippen molar-refractivity contribution >= 4 is 6.21 Å². The summed E-state index contributed by atoms with van der Waals surface area (Å²) in [7, 11) is 0. The van der Waals surface area contributed by atoms with Crippen molar-refractivity contribution < 1.29 is 8.78 Å². The highest BCUT2D eigenvalue weighted by Crippen LogP contribution is 1.99. The van der Waals surface area contributed by atoms with Gasteiger partial charge in [-0.3, -0.25) is 0 Å². The molecule has 0 aromatic heterocycles. The molecule has 0 heterocycles. The predicted molar refractivity (Wildman–Crippen MR) is 49.1 cm³/mol. The van der Waals surface area contributed by atoms with E-state index >= 15 is 0 Å². The molecule has 3 heteroatoms. The lowest BCUT2D eigenvalue weighted by Gasteiger charge is -1.87. The van der Waals surface area contributed by atoms with E-state index in [4.69, 9.17) is 5.41 Å². The van der Waals surface area contributed by atoms with E-state index in [0.717, 1.165) is 5.57 Å². The summed E-state index contributed by atoms with van der Waals surface area (Å²) in [5.41, 5.74) is 1.01. The summed E-state index contributed by atoms with van der Waals surface area (Å²) in [6.45, 7) is 5.56. The summed E-state index contributed by atoms with van der Waals surface area (Å²) in [4.78, 5) is 0. The number of allylic oxidation sites excluding steroid dienone is 2. The van der Waals surface area contributed by atoms with Crippen LogP contribution in [0.15, 0.2) is 11.6 Å². The Labute approximate surface area is 73.0 Å². The number of halogens is 2. The highest BCUT2D eigenvalue weighted by Gasteiger charge is 1.95. The van der Waals surface area contributed by atoms with Crippen molar-refractivity contribution in [1.29, 1.82) is 5.41 Å². The van der Waals surface area contributed by atoms with E-state index < -0.39 is 6.43 Å². The fourth-order valence-electron chi connectivity index (χ4n) is 0.302. The zero-order valence-corrected chi connectivity index (χ0v) is 7.90. The normalized spacial score (nSPS) is 10.7. The fraction of sp³-hybridized carbons (Fsp3) is 0.667. The number of alkyl halides is 2. The molecule has 0 atom stereocenters. The molecule has 0 rings (SSSR count). The van der Waals surface area contributed by atoms with E-state index in [1.165, 1.54) is 6.21 Å². The van der Waals surface area contributed by atoms with Gasteiger partial charge in [-0.15, -0.1) is 0 Å². The molecule has 0 aliphatic carbocycles. The number of rotatable bonds is 3. The van der Waals surface area contributed by atoms with Crippen LogP contribution >= 0.6 is 0 Å². The Morgan fingerprint density at radius 3 is 2.00 bits per heavy atom. The lowest BCUT2D eigenvalue weighted by molar-refractivity contribution is 0.137. The first-order chi connectivity index (χ1) is 5.58. The van der Waals surface area contributed by atoms with Crippen LogP contribution in [-0.4, -0.2) is 12.6 Å². The van der Waals surface area contributed by atoms with E-state index in [9.17, 15) is 8.78 Å². The molecule has 0 bridgehead atoms. The third-order valence-electron chi connectivity index (χ3n) is 1.19. The second-order valence-electron chi connectivity index (χ2n) is 2.36. The SMILES string of the molecule is C/C=C(/C)C=N.CCCC(F)F. The lowest BCUT2D eigenvalue weighted by atomic mass is 10.3. The number of hydrogen-bond acceptors (Lipinski definition) is 1. The molecule has 0 aliphatic heterocycles. The quantitative estimate of drug-likeness (QED) is 0.636. The smallest absolute Gasteiger partial charge is 0.238 e. The van der Waals surface area contributed by atoms with Gasteiger partial charge in [-0.25, -0.2) is 8.78 Å². The lowest BCUT2D eigenvalue weighted by Crippen LogP contribution is -1.85. The van der Waals surface area contributed by atoms with Crippen LogP contribution in [0.4, 0.5) is 8.78 Å². The van der Waals surface area contributed by atoms with Crippen LogP contribution in [-0.2, 0) is 0 Å². The molecule has 0 aromatic carbocycles. The van der Waals surface area contributed by atoms with Gasteiger partial charge in [0.05, 0.1) is 0 Å². The van der Waals surface area contributed by atoms with Gasteiger partial charge in [0.1, 0.15) is 0 Å². The van der Waals surface area contributed by atoms with Crippen molar-refractivity contribution in [2.45, 2.75) is 40.0 Å². The first kappa shape index (κ1) is 13.8. The maximum atomic E-state index is 11.0. The first-order valence-electron chi connectivity index (χ1n) is 4.00. The van der Waals surface area contributed by atoms with Gasteiger partial charge in [-0.1, -0.05) is 19.4 Å². The Bertz CT molecular complexity index is 130. The molecule has 0 saturated carbocycles. The number of hydrogen-bond donors (Lipinski definition) is 1. The standard InChI is InChI=1S/C5H9N.C4H8F2/c1-3-5(2)4-6;1-2-3-4(5)6/h3-4,6H,1-2H3;4H,2-3H2,1H3/b5-3-,6-4?;. The molecule has 0 spiro atoms. The van der Waals surface area contributed by atoms with Crippen molar-refractivity contribution in [3.05, 3.63) is 11.6 Å². The largest absolute Gasteiger partial charge is 0.308 e. The zero-order chi connectivity index (χ0) is 9.98. The Morgan fingerprint density at radius 2 is 2.00 bits per heavy atom. The Hall–Kier alpha value is -0.730. The summed E-state index contributed by atoms with van der Waals surface area (Å²) >= 11 is 0.